The Kier molecular flexibility index (Phi) is 13.5. The van der Waals surface area contributed by atoms with E-state index in [1.54, 1.807) is 25.7 Å². The van der Waals surface area contributed by atoms with Crippen LogP contribution in [-0.2, 0) is 4.79 Å². The Balaban J connectivity index is 0.000000241. The molecule has 1 saturated heterocycles. The predicted molar refractivity (Wildman–Crippen MR) is 221 cm³/mol. The summed E-state index contributed by atoms with van der Waals surface area (Å²) in [5, 5.41) is 11.6. The number of ether oxygens (including phenoxy) is 1. The standard InChI is InChI=1S/C26H29ClN8O2.C10H15N6O.F6P/c1-32(2)17-24(36)34-12-10-33(11-13-34)18-7-8-22(37-3)20(14-18)30-26-29-15-19(27)25(31-26)21-16-28-23-6-4-5-9-35(21)23;1-14(2)10(15(3)4)17-16-9-8(12-13-16)6-5-7-11-9;1-7(2,3,4,5)6/h4-9,14-16H,10-13,17H2,1-3H3,(H,29,30,31);5-7H,1-4H3;/q;+1;-1. The van der Waals surface area contributed by atoms with Crippen molar-refractivity contribution in [2.45, 2.75) is 0 Å². The molecule has 0 spiro atoms. The fourth-order valence-corrected chi connectivity index (χ4v) is 6.05. The van der Waals surface area contributed by atoms with Gasteiger partial charge in [0.15, 0.2) is 0 Å². The van der Waals surface area contributed by atoms with Gasteiger partial charge in [0.05, 0.1) is 70.6 Å². The summed E-state index contributed by atoms with van der Waals surface area (Å²) in [6, 6.07) is 16.0. The van der Waals surface area contributed by atoms with Crippen LogP contribution in [0.25, 0.3) is 28.2 Å². The maximum absolute atomic E-state index is 12.4. The number of hydrogen-bond donors (Lipinski definition) is 1. The van der Waals surface area contributed by atoms with Gasteiger partial charge in [-0.15, -0.1) is 5.10 Å². The third kappa shape index (κ3) is 13.5. The number of halogens is 7. The minimum atomic E-state index is -10.7. The molecule has 1 amide bonds. The number of rotatable bonds is 8. The second kappa shape index (κ2) is 17.9. The van der Waals surface area contributed by atoms with Gasteiger partial charge in [-0.3, -0.25) is 14.0 Å². The number of benzene rings is 1. The summed E-state index contributed by atoms with van der Waals surface area (Å²) in [5.74, 6) is 1.21. The van der Waals surface area contributed by atoms with Crippen LogP contribution in [0.15, 0.2) is 73.3 Å². The van der Waals surface area contributed by atoms with E-state index in [0.717, 1.165) is 35.8 Å². The molecule has 0 bridgehead atoms. The first-order valence-electron chi connectivity index (χ1n) is 18.2. The summed E-state index contributed by atoms with van der Waals surface area (Å²) in [6.45, 7) is 3.30. The molecular formula is C36H44ClF6N14O3P. The molecule has 1 aromatic carbocycles. The zero-order chi connectivity index (χ0) is 44.8. The van der Waals surface area contributed by atoms with E-state index >= 15 is 0 Å². The molecule has 1 N–H and O–H groups in total. The fraction of sp³-hybridized carbons (Fsp3) is 0.333. The van der Waals surface area contributed by atoms with Crippen LogP contribution >= 0.6 is 19.4 Å². The van der Waals surface area contributed by atoms with Crippen molar-refractivity contribution in [2.75, 3.05) is 92.3 Å². The summed E-state index contributed by atoms with van der Waals surface area (Å²) in [6.07, 6.45) is 6.92. The topological polar surface area (TPSA) is 150 Å². The Bertz CT molecular complexity index is 2500. The Hall–Kier alpha value is -6.06. The first kappa shape index (κ1) is 46.0. The number of hydrogen-bond acceptors (Lipinski definition) is 12. The van der Waals surface area contributed by atoms with Crippen molar-refractivity contribution in [1.82, 2.24) is 54.2 Å². The summed E-state index contributed by atoms with van der Waals surface area (Å²) >= 11 is 6.48. The molecule has 0 radical (unpaired) electrons. The number of methoxy groups -OCH3 is 1. The summed E-state index contributed by atoms with van der Waals surface area (Å²) < 4.78 is 68.6. The molecule has 6 heterocycles. The van der Waals surface area contributed by atoms with Crippen molar-refractivity contribution in [2.24, 2.45) is 0 Å². The number of likely N-dealkylation sites (N-methyl/N-ethyl adjacent to an activating group) is 1. The second-order valence-corrected chi connectivity index (χ2v) is 16.3. The van der Waals surface area contributed by atoms with Crippen LogP contribution in [0.1, 0.15) is 0 Å². The van der Waals surface area contributed by atoms with E-state index in [1.807, 2.05) is 121 Å². The Morgan fingerprint density at radius 1 is 0.934 bits per heavy atom. The number of pyridine rings is 2. The Labute approximate surface area is 351 Å². The molecule has 5 aromatic heterocycles. The average Bonchev–Trinajstić information content (AvgIpc) is 3.81. The molecule has 0 aliphatic carbocycles. The molecule has 1 fully saturated rings. The number of aromatic nitrogens is 8. The third-order valence-electron chi connectivity index (χ3n) is 8.40. The zero-order valence-electron chi connectivity index (χ0n) is 34.1. The molecule has 0 atom stereocenters. The van der Waals surface area contributed by atoms with Gasteiger partial charge in [-0.2, -0.15) is 0 Å². The Morgan fingerprint density at radius 3 is 2.28 bits per heavy atom. The van der Waals surface area contributed by atoms with Crippen molar-refractivity contribution in [1.29, 1.82) is 0 Å². The Morgan fingerprint density at radius 2 is 1.64 bits per heavy atom. The van der Waals surface area contributed by atoms with Crippen LogP contribution in [0.5, 0.6) is 5.75 Å². The predicted octanol–water partition coefficient (Wildman–Crippen LogP) is 6.23. The van der Waals surface area contributed by atoms with Gasteiger partial charge in [-0.1, -0.05) is 17.7 Å². The number of amides is 1. The van der Waals surface area contributed by atoms with Crippen LogP contribution in [0.2, 0.25) is 5.02 Å². The number of fused-ring (bicyclic) bond motifs is 2. The molecule has 330 valence electrons. The quantitative estimate of drug-likeness (QED) is 0.0605. The van der Waals surface area contributed by atoms with E-state index in [4.69, 9.17) is 26.2 Å². The maximum atomic E-state index is 12.4. The molecule has 0 unspecified atom stereocenters. The van der Waals surface area contributed by atoms with Crippen LogP contribution in [0.4, 0.5) is 42.5 Å². The number of nitrogens with zero attached hydrogens (tertiary/aromatic N) is 13. The fourth-order valence-electron chi connectivity index (χ4n) is 5.86. The molecule has 7 rings (SSSR count). The number of amidine groups is 1. The summed E-state index contributed by atoms with van der Waals surface area (Å²) in [7, 11) is 2.35. The van der Waals surface area contributed by atoms with Crippen molar-refractivity contribution < 1.29 is 44.1 Å². The molecule has 1 aliphatic heterocycles. The van der Waals surface area contributed by atoms with Crippen LogP contribution in [0, 0.1) is 0 Å². The van der Waals surface area contributed by atoms with Gasteiger partial charge >= 0.3 is 39.0 Å². The number of nitrogens with one attached hydrogen (secondary N) is 1. The van der Waals surface area contributed by atoms with Gasteiger partial charge in [0.1, 0.15) is 22.6 Å². The molecule has 25 heteroatoms. The van der Waals surface area contributed by atoms with E-state index in [-0.39, 0.29) is 5.91 Å². The SMILES string of the molecule is CN(C)C(On1nnc2cccnc21)=[N+](C)C.COc1ccc(N2CCN(C(=O)CN(C)C)CC2)cc1Nc1ncc(Cl)c(-c2cnc3ccccn23)n1.F[P-](F)(F)(F)(F)F. The van der Waals surface area contributed by atoms with Gasteiger partial charge in [-0.05, 0) is 66.6 Å². The molecule has 61 heavy (non-hydrogen) atoms. The van der Waals surface area contributed by atoms with E-state index in [9.17, 15) is 30.0 Å². The van der Waals surface area contributed by atoms with E-state index in [1.165, 1.54) is 4.85 Å². The molecule has 6 aromatic rings. The number of piperazine rings is 1. The first-order valence-corrected chi connectivity index (χ1v) is 20.6. The minimum absolute atomic E-state index is 0.156. The van der Waals surface area contributed by atoms with Crippen molar-refractivity contribution >= 4 is 65.5 Å². The molecule has 0 saturated carbocycles. The van der Waals surface area contributed by atoms with Crippen LogP contribution in [0.3, 0.4) is 0 Å². The van der Waals surface area contributed by atoms with Gasteiger partial charge in [0, 0.05) is 44.3 Å². The summed E-state index contributed by atoms with van der Waals surface area (Å²) in [5.41, 5.74) is 5.20. The van der Waals surface area contributed by atoms with E-state index < -0.39 is 7.81 Å². The number of anilines is 3. The monoisotopic (exact) mass is 900 g/mol. The molecular weight excluding hydrogens is 857 g/mol. The van der Waals surface area contributed by atoms with Crippen molar-refractivity contribution in [3.8, 4) is 17.1 Å². The first-order chi connectivity index (χ1) is 28.5. The van der Waals surface area contributed by atoms with Crippen molar-refractivity contribution in [3.05, 3.63) is 78.3 Å². The third-order valence-corrected chi connectivity index (χ3v) is 8.67. The zero-order valence-corrected chi connectivity index (χ0v) is 35.7. The van der Waals surface area contributed by atoms with E-state index in [2.05, 4.69) is 35.5 Å². The van der Waals surface area contributed by atoms with E-state index in [0.29, 0.717) is 59.2 Å². The van der Waals surface area contributed by atoms with Gasteiger partial charge < -0.3 is 24.8 Å². The molecule has 17 nitrogen and oxygen atoms in total. The van der Waals surface area contributed by atoms with Crippen molar-refractivity contribution in [3.63, 3.8) is 0 Å². The number of carbonyl (C=O) groups excluding carboxylic acids is 1. The number of carbonyl (C=O) groups is 1. The normalized spacial score (nSPS) is 14.0. The van der Waals surface area contributed by atoms with Gasteiger partial charge in [-0.25, -0.2) is 29.4 Å². The average molecular weight is 901 g/mol. The second-order valence-electron chi connectivity index (χ2n) is 14.0. The molecule has 1 aliphatic rings. The van der Waals surface area contributed by atoms with Gasteiger partial charge in [0.2, 0.25) is 17.5 Å². The summed E-state index contributed by atoms with van der Waals surface area (Å²) in [4.78, 5) is 45.0. The van der Waals surface area contributed by atoms with Gasteiger partial charge in [0.25, 0.3) is 0 Å². The number of imidazole rings is 1. The van der Waals surface area contributed by atoms with Crippen LogP contribution in [-0.4, -0.2) is 153 Å². The van der Waals surface area contributed by atoms with Crippen LogP contribution < -0.4 is 19.8 Å².